The van der Waals surface area contributed by atoms with Crippen molar-refractivity contribution in [2.24, 2.45) is 0 Å². The molecular weight excluding hydrogens is 322 g/mol. The molecule has 2 aromatic rings. The van der Waals surface area contributed by atoms with Gasteiger partial charge in [-0.3, -0.25) is 4.98 Å². The summed E-state index contributed by atoms with van der Waals surface area (Å²) in [5, 5.41) is 10.5. The van der Waals surface area contributed by atoms with Gasteiger partial charge in [-0.1, -0.05) is 6.07 Å². The van der Waals surface area contributed by atoms with Crippen LogP contribution in [0, 0.1) is 6.92 Å². The number of rotatable bonds is 2. The van der Waals surface area contributed by atoms with E-state index in [1.54, 1.807) is 12.4 Å². The Morgan fingerprint density at radius 2 is 1.95 bits per heavy atom. The minimum absolute atomic E-state index is 0.519. The van der Waals surface area contributed by atoms with Gasteiger partial charge in [-0.05, 0) is 46.1 Å². The maximum Gasteiger partial charge on any atom is 0.175 e. The number of fused-ring (bicyclic) bond motifs is 1. The zero-order chi connectivity index (χ0) is 14.1. The lowest BCUT2D eigenvalue weighted by atomic mass is 10.0. The van der Waals surface area contributed by atoms with E-state index in [9.17, 15) is 5.11 Å². The number of benzene rings is 1. The fraction of sp³-hybridized carbons (Fsp3) is 0.267. The Kier molecular flexibility index (Phi) is 3.63. The molecule has 1 atom stereocenters. The minimum atomic E-state index is -0.741. The summed E-state index contributed by atoms with van der Waals surface area (Å²) in [6, 6.07) is 5.58. The van der Waals surface area contributed by atoms with Crippen molar-refractivity contribution in [3.05, 3.63) is 51.8 Å². The van der Waals surface area contributed by atoms with Crippen molar-refractivity contribution < 1.29 is 14.6 Å². The van der Waals surface area contributed by atoms with Crippen LogP contribution in [-0.2, 0) is 0 Å². The summed E-state index contributed by atoms with van der Waals surface area (Å²) in [5.74, 6) is 1.34. The van der Waals surface area contributed by atoms with Gasteiger partial charge in [0.15, 0.2) is 11.5 Å². The molecule has 1 aliphatic heterocycles. The van der Waals surface area contributed by atoms with Crippen molar-refractivity contribution in [2.45, 2.75) is 13.0 Å². The lowest BCUT2D eigenvalue weighted by Crippen LogP contribution is -2.16. The summed E-state index contributed by atoms with van der Waals surface area (Å²) in [6.07, 6.45) is 2.69. The third-order valence-corrected chi connectivity index (χ3v) is 3.74. The van der Waals surface area contributed by atoms with Gasteiger partial charge in [-0.15, -0.1) is 0 Å². The topological polar surface area (TPSA) is 51.6 Å². The van der Waals surface area contributed by atoms with E-state index in [4.69, 9.17) is 9.47 Å². The fourth-order valence-electron chi connectivity index (χ4n) is 2.21. The molecule has 0 saturated heterocycles. The van der Waals surface area contributed by atoms with E-state index < -0.39 is 6.10 Å². The molecule has 20 heavy (non-hydrogen) atoms. The molecule has 1 aliphatic rings. The summed E-state index contributed by atoms with van der Waals surface area (Å²) in [4.78, 5) is 4.11. The Labute approximate surface area is 125 Å². The van der Waals surface area contributed by atoms with Crippen molar-refractivity contribution in [3.63, 3.8) is 0 Å². The van der Waals surface area contributed by atoms with Crippen molar-refractivity contribution >= 4 is 15.9 Å². The van der Waals surface area contributed by atoms with Crippen LogP contribution in [0.1, 0.15) is 22.8 Å². The number of pyridine rings is 1. The molecule has 0 radical (unpaired) electrons. The van der Waals surface area contributed by atoms with E-state index in [1.165, 1.54) is 0 Å². The summed E-state index contributed by atoms with van der Waals surface area (Å²) in [5.41, 5.74) is 2.51. The van der Waals surface area contributed by atoms with E-state index in [1.807, 2.05) is 25.1 Å². The predicted octanol–water partition coefficient (Wildman–Crippen LogP) is 3.01. The third kappa shape index (κ3) is 2.51. The van der Waals surface area contributed by atoms with Crippen molar-refractivity contribution in [3.8, 4) is 11.5 Å². The molecule has 2 heterocycles. The molecule has 1 N–H and O–H groups in total. The Hall–Kier alpha value is -1.59. The Morgan fingerprint density at radius 3 is 2.75 bits per heavy atom. The van der Waals surface area contributed by atoms with Gasteiger partial charge in [-0.25, -0.2) is 0 Å². The monoisotopic (exact) mass is 335 g/mol. The fourth-order valence-corrected chi connectivity index (χ4v) is 2.78. The molecule has 5 heteroatoms. The zero-order valence-corrected chi connectivity index (χ0v) is 12.6. The molecule has 0 aliphatic carbocycles. The number of aromatic nitrogens is 1. The average molecular weight is 336 g/mol. The van der Waals surface area contributed by atoms with Crippen LogP contribution >= 0.6 is 15.9 Å². The lowest BCUT2D eigenvalue weighted by molar-refractivity contribution is 0.168. The Morgan fingerprint density at radius 1 is 1.15 bits per heavy atom. The highest BCUT2D eigenvalue weighted by molar-refractivity contribution is 9.10. The van der Waals surface area contributed by atoms with E-state index in [0.29, 0.717) is 24.7 Å². The standard InChI is InChI=1S/C15H14BrNO3/c1-9-4-11(8-17-7-9)14(18)10-5-12(16)15-13(6-10)19-2-3-20-15/h4-8,14,18H,2-3H2,1H3. The van der Waals surface area contributed by atoms with Gasteiger partial charge in [0, 0.05) is 18.0 Å². The number of nitrogens with zero attached hydrogens (tertiary/aromatic N) is 1. The second-order valence-corrected chi connectivity index (χ2v) is 5.58. The molecule has 1 unspecified atom stereocenters. The van der Waals surface area contributed by atoms with E-state index in [0.717, 1.165) is 21.2 Å². The van der Waals surface area contributed by atoms with Crippen LogP contribution in [0.3, 0.4) is 0 Å². The molecule has 0 spiro atoms. The first-order valence-corrected chi connectivity index (χ1v) is 7.13. The number of aliphatic hydroxyl groups is 1. The van der Waals surface area contributed by atoms with Gasteiger partial charge in [0.1, 0.15) is 19.3 Å². The van der Waals surface area contributed by atoms with Crippen LogP contribution < -0.4 is 9.47 Å². The first-order valence-electron chi connectivity index (χ1n) is 6.34. The maximum absolute atomic E-state index is 10.5. The molecule has 0 amide bonds. The van der Waals surface area contributed by atoms with Crippen molar-refractivity contribution in [1.29, 1.82) is 0 Å². The molecule has 0 fully saturated rings. The lowest BCUT2D eigenvalue weighted by Gasteiger charge is -2.22. The summed E-state index contributed by atoms with van der Waals surface area (Å²) in [7, 11) is 0. The number of ether oxygens (including phenoxy) is 2. The van der Waals surface area contributed by atoms with Gasteiger partial charge in [0.25, 0.3) is 0 Å². The van der Waals surface area contributed by atoms with Crippen LogP contribution in [-0.4, -0.2) is 23.3 Å². The Bertz CT molecular complexity index is 645. The largest absolute Gasteiger partial charge is 0.486 e. The molecular formula is C15H14BrNO3. The normalized spacial score (nSPS) is 14.9. The second kappa shape index (κ2) is 5.42. The second-order valence-electron chi connectivity index (χ2n) is 4.73. The quantitative estimate of drug-likeness (QED) is 0.916. The first kappa shape index (κ1) is 13.4. The highest BCUT2D eigenvalue weighted by Crippen LogP contribution is 2.40. The molecule has 1 aromatic carbocycles. The predicted molar refractivity (Wildman–Crippen MR) is 78.2 cm³/mol. The first-order chi connectivity index (χ1) is 9.65. The summed E-state index contributed by atoms with van der Waals surface area (Å²) >= 11 is 3.46. The highest BCUT2D eigenvalue weighted by atomic mass is 79.9. The van der Waals surface area contributed by atoms with Crippen LogP contribution in [0.15, 0.2) is 35.1 Å². The Balaban J connectivity index is 2.00. The number of aliphatic hydroxyl groups excluding tert-OH is 1. The van der Waals surface area contributed by atoms with Crippen LogP contribution in [0.4, 0.5) is 0 Å². The van der Waals surface area contributed by atoms with E-state index >= 15 is 0 Å². The SMILES string of the molecule is Cc1cncc(C(O)c2cc(Br)c3c(c2)OCCO3)c1. The van der Waals surface area contributed by atoms with E-state index in [2.05, 4.69) is 20.9 Å². The maximum atomic E-state index is 10.5. The van der Waals surface area contributed by atoms with Crippen LogP contribution in [0.5, 0.6) is 11.5 Å². The number of hydrogen-bond donors (Lipinski definition) is 1. The van der Waals surface area contributed by atoms with E-state index in [-0.39, 0.29) is 0 Å². The van der Waals surface area contributed by atoms with Gasteiger partial charge in [-0.2, -0.15) is 0 Å². The summed E-state index contributed by atoms with van der Waals surface area (Å²) in [6.45, 7) is 3.00. The van der Waals surface area contributed by atoms with Gasteiger partial charge in [0.05, 0.1) is 4.47 Å². The minimum Gasteiger partial charge on any atom is -0.486 e. The van der Waals surface area contributed by atoms with Gasteiger partial charge in [0.2, 0.25) is 0 Å². The third-order valence-electron chi connectivity index (χ3n) is 3.15. The van der Waals surface area contributed by atoms with Crippen LogP contribution in [0.25, 0.3) is 0 Å². The molecule has 3 rings (SSSR count). The molecule has 104 valence electrons. The van der Waals surface area contributed by atoms with Gasteiger partial charge < -0.3 is 14.6 Å². The number of halogens is 1. The number of hydrogen-bond acceptors (Lipinski definition) is 4. The summed E-state index contributed by atoms with van der Waals surface area (Å²) < 4.78 is 11.9. The molecule has 0 saturated carbocycles. The van der Waals surface area contributed by atoms with Crippen molar-refractivity contribution in [2.75, 3.05) is 13.2 Å². The molecule has 4 nitrogen and oxygen atoms in total. The van der Waals surface area contributed by atoms with Gasteiger partial charge >= 0.3 is 0 Å². The highest BCUT2D eigenvalue weighted by Gasteiger charge is 2.20. The molecule has 0 bridgehead atoms. The zero-order valence-electron chi connectivity index (χ0n) is 11.0. The smallest absolute Gasteiger partial charge is 0.175 e. The van der Waals surface area contributed by atoms with Crippen LogP contribution in [0.2, 0.25) is 0 Å². The average Bonchev–Trinajstić information content (AvgIpc) is 2.46. The van der Waals surface area contributed by atoms with Crippen molar-refractivity contribution in [1.82, 2.24) is 4.98 Å². The molecule has 1 aromatic heterocycles. The number of aryl methyl sites for hydroxylation is 1.